The average Bonchev–Trinajstić information content (AvgIpc) is 3.13. The molecule has 144 valence electrons. The molecular weight excluding hydrogens is 356 g/mol. The van der Waals surface area contributed by atoms with Crippen LogP contribution in [0.15, 0.2) is 41.2 Å². The van der Waals surface area contributed by atoms with Crippen molar-refractivity contribution in [3.63, 3.8) is 0 Å². The lowest BCUT2D eigenvalue weighted by atomic mass is 10.0. The van der Waals surface area contributed by atoms with Crippen molar-refractivity contribution < 1.29 is 14.3 Å². The predicted molar refractivity (Wildman–Crippen MR) is 107 cm³/mol. The number of aromatic nitrogens is 1. The first-order valence-corrected chi connectivity index (χ1v) is 9.28. The van der Waals surface area contributed by atoms with Crippen molar-refractivity contribution in [2.24, 2.45) is 0 Å². The van der Waals surface area contributed by atoms with E-state index in [-0.39, 0.29) is 24.7 Å². The number of carbonyl (C=O) groups is 1. The van der Waals surface area contributed by atoms with Gasteiger partial charge in [-0.1, -0.05) is 17.7 Å². The summed E-state index contributed by atoms with van der Waals surface area (Å²) >= 11 is 0. The molecule has 3 aromatic rings. The molecule has 0 aliphatic carbocycles. The van der Waals surface area contributed by atoms with E-state index < -0.39 is 0 Å². The molecule has 28 heavy (non-hydrogen) atoms. The third-order valence-corrected chi connectivity index (χ3v) is 4.92. The van der Waals surface area contributed by atoms with Crippen LogP contribution in [0.3, 0.4) is 0 Å². The van der Waals surface area contributed by atoms with Crippen molar-refractivity contribution in [2.45, 2.75) is 33.2 Å². The smallest absolute Gasteiger partial charge is 0.251 e. The van der Waals surface area contributed by atoms with Gasteiger partial charge in [-0.15, -0.1) is 0 Å². The van der Waals surface area contributed by atoms with Crippen molar-refractivity contribution in [2.75, 3.05) is 6.79 Å². The minimum absolute atomic E-state index is 0.0995. The number of aryl methyl sites for hydroxylation is 3. The number of nitrogens with one attached hydrogen (secondary N) is 2. The van der Waals surface area contributed by atoms with Crippen LogP contribution in [0.4, 0.5) is 0 Å². The molecule has 0 radical (unpaired) electrons. The average molecular weight is 378 g/mol. The maximum atomic E-state index is 12.4. The summed E-state index contributed by atoms with van der Waals surface area (Å²) in [7, 11) is 0. The van der Waals surface area contributed by atoms with Crippen molar-refractivity contribution in [1.29, 1.82) is 0 Å². The second-order valence-corrected chi connectivity index (χ2v) is 7.13. The largest absolute Gasteiger partial charge is 0.454 e. The molecule has 0 spiro atoms. The fourth-order valence-corrected chi connectivity index (χ4v) is 3.51. The van der Waals surface area contributed by atoms with E-state index in [1.54, 1.807) is 0 Å². The lowest BCUT2D eigenvalue weighted by molar-refractivity contribution is -0.121. The Labute approximate surface area is 162 Å². The van der Waals surface area contributed by atoms with Gasteiger partial charge in [-0.2, -0.15) is 0 Å². The van der Waals surface area contributed by atoms with Gasteiger partial charge in [0.1, 0.15) is 0 Å². The molecule has 6 nitrogen and oxygen atoms in total. The summed E-state index contributed by atoms with van der Waals surface area (Å²) in [6, 6.07) is 11.6. The first-order valence-electron chi connectivity index (χ1n) is 9.28. The van der Waals surface area contributed by atoms with Crippen molar-refractivity contribution in [1.82, 2.24) is 10.3 Å². The van der Waals surface area contributed by atoms with Gasteiger partial charge in [0, 0.05) is 18.5 Å². The Bertz CT molecular complexity index is 1120. The van der Waals surface area contributed by atoms with E-state index in [4.69, 9.17) is 9.47 Å². The highest BCUT2D eigenvalue weighted by atomic mass is 16.7. The van der Waals surface area contributed by atoms with Crippen LogP contribution in [0.2, 0.25) is 0 Å². The molecule has 0 saturated carbocycles. The Morgan fingerprint density at radius 2 is 1.93 bits per heavy atom. The molecule has 1 aliphatic heterocycles. The Hall–Kier alpha value is -3.28. The number of ether oxygens (including phenoxy) is 2. The standard InChI is InChI=1S/C22H22N2O4/c1-13-7-14(2)21-17(8-13)10-16(22(26)24-21)4-6-20(25)23-11-15-3-5-18-19(9-15)28-12-27-18/h3,5,7-10H,4,6,11-12H2,1-2H3,(H,23,25)(H,24,26). The number of amides is 1. The number of hydrogen-bond acceptors (Lipinski definition) is 4. The maximum absolute atomic E-state index is 12.4. The summed E-state index contributed by atoms with van der Waals surface area (Å²) in [5, 5.41) is 3.88. The van der Waals surface area contributed by atoms with Crippen LogP contribution < -0.4 is 20.3 Å². The van der Waals surface area contributed by atoms with E-state index in [2.05, 4.69) is 10.3 Å². The Morgan fingerprint density at radius 3 is 2.79 bits per heavy atom. The topological polar surface area (TPSA) is 80.4 Å². The van der Waals surface area contributed by atoms with Gasteiger partial charge < -0.3 is 19.8 Å². The Morgan fingerprint density at radius 1 is 1.11 bits per heavy atom. The summed E-state index contributed by atoms with van der Waals surface area (Å²) in [5.74, 6) is 1.31. The van der Waals surface area contributed by atoms with E-state index in [1.807, 2.05) is 50.2 Å². The summed E-state index contributed by atoms with van der Waals surface area (Å²) in [6.07, 6.45) is 0.648. The van der Waals surface area contributed by atoms with Gasteiger partial charge in [-0.05, 0) is 61.0 Å². The number of hydrogen-bond donors (Lipinski definition) is 2. The van der Waals surface area contributed by atoms with Gasteiger partial charge in [0.25, 0.3) is 5.56 Å². The fourth-order valence-electron chi connectivity index (χ4n) is 3.51. The molecule has 4 rings (SSSR count). The third-order valence-electron chi connectivity index (χ3n) is 4.92. The Balaban J connectivity index is 1.39. The number of pyridine rings is 1. The minimum Gasteiger partial charge on any atom is -0.454 e. The van der Waals surface area contributed by atoms with Crippen molar-refractivity contribution >= 4 is 16.8 Å². The zero-order chi connectivity index (χ0) is 19.7. The molecule has 0 fully saturated rings. The highest BCUT2D eigenvalue weighted by Crippen LogP contribution is 2.32. The van der Waals surface area contributed by atoms with E-state index >= 15 is 0 Å². The van der Waals surface area contributed by atoms with Crippen molar-refractivity contribution in [3.8, 4) is 11.5 Å². The second-order valence-electron chi connectivity index (χ2n) is 7.13. The first-order chi connectivity index (χ1) is 13.5. The molecule has 0 bridgehead atoms. The number of carbonyl (C=O) groups excluding carboxylic acids is 1. The number of H-pyrrole nitrogens is 1. The highest BCUT2D eigenvalue weighted by Gasteiger charge is 2.13. The zero-order valence-corrected chi connectivity index (χ0v) is 15.9. The molecule has 1 aromatic heterocycles. The minimum atomic E-state index is -0.136. The number of aromatic amines is 1. The Kier molecular flexibility index (Phi) is 4.77. The highest BCUT2D eigenvalue weighted by molar-refractivity contribution is 5.83. The van der Waals surface area contributed by atoms with Crippen LogP contribution in [0.1, 0.15) is 28.7 Å². The van der Waals surface area contributed by atoms with Crippen LogP contribution in [0, 0.1) is 13.8 Å². The molecular formula is C22H22N2O4. The van der Waals surface area contributed by atoms with Gasteiger partial charge in [0.2, 0.25) is 12.7 Å². The fraction of sp³-hybridized carbons (Fsp3) is 0.273. The summed E-state index contributed by atoms with van der Waals surface area (Å²) < 4.78 is 10.6. The molecule has 2 aromatic carbocycles. The van der Waals surface area contributed by atoms with E-state index in [0.717, 1.165) is 33.3 Å². The molecule has 0 saturated heterocycles. The van der Waals surface area contributed by atoms with Gasteiger partial charge in [0.05, 0.1) is 5.52 Å². The lowest BCUT2D eigenvalue weighted by Gasteiger charge is -2.08. The van der Waals surface area contributed by atoms with Crippen LogP contribution >= 0.6 is 0 Å². The van der Waals surface area contributed by atoms with Crippen LogP contribution in [-0.4, -0.2) is 17.7 Å². The molecule has 1 amide bonds. The van der Waals surface area contributed by atoms with E-state index in [9.17, 15) is 9.59 Å². The van der Waals surface area contributed by atoms with Gasteiger partial charge in [-0.25, -0.2) is 0 Å². The molecule has 1 aliphatic rings. The van der Waals surface area contributed by atoms with Crippen LogP contribution in [0.25, 0.3) is 10.9 Å². The van der Waals surface area contributed by atoms with E-state index in [1.165, 1.54) is 0 Å². The maximum Gasteiger partial charge on any atom is 0.251 e. The van der Waals surface area contributed by atoms with Crippen molar-refractivity contribution in [3.05, 3.63) is 69.0 Å². The van der Waals surface area contributed by atoms with E-state index in [0.29, 0.717) is 24.3 Å². The SMILES string of the molecule is Cc1cc(C)c2[nH]c(=O)c(CCC(=O)NCc3ccc4c(c3)OCO4)cc2c1. The zero-order valence-electron chi connectivity index (χ0n) is 15.9. The van der Waals surface area contributed by atoms with Crippen LogP contribution in [-0.2, 0) is 17.8 Å². The first kappa shape index (κ1) is 18.1. The molecule has 6 heteroatoms. The number of fused-ring (bicyclic) bond motifs is 2. The third kappa shape index (κ3) is 3.71. The summed E-state index contributed by atoms with van der Waals surface area (Å²) in [4.78, 5) is 27.5. The quantitative estimate of drug-likeness (QED) is 0.715. The van der Waals surface area contributed by atoms with Gasteiger partial charge >= 0.3 is 0 Å². The predicted octanol–water partition coefficient (Wildman–Crippen LogP) is 3.12. The molecule has 0 unspecified atom stereocenters. The molecule has 0 atom stereocenters. The van der Waals surface area contributed by atoms with Gasteiger partial charge in [0.15, 0.2) is 11.5 Å². The second kappa shape index (κ2) is 7.38. The summed E-state index contributed by atoms with van der Waals surface area (Å²) in [6.45, 7) is 4.64. The number of rotatable bonds is 5. The summed E-state index contributed by atoms with van der Waals surface area (Å²) in [5.41, 5.74) is 4.46. The number of benzene rings is 2. The lowest BCUT2D eigenvalue weighted by Crippen LogP contribution is -2.24. The monoisotopic (exact) mass is 378 g/mol. The normalized spacial score (nSPS) is 12.4. The van der Waals surface area contributed by atoms with Crippen LogP contribution in [0.5, 0.6) is 11.5 Å². The molecule has 2 heterocycles. The molecule has 2 N–H and O–H groups in total. The van der Waals surface area contributed by atoms with Gasteiger partial charge in [-0.3, -0.25) is 9.59 Å².